The van der Waals surface area contributed by atoms with Gasteiger partial charge in [-0.1, -0.05) is 18.2 Å². The van der Waals surface area contributed by atoms with Crippen LogP contribution in [-0.2, 0) is 6.54 Å². The van der Waals surface area contributed by atoms with Crippen molar-refractivity contribution in [3.63, 3.8) is 0 Å². The second-order valence-electron chi connectivity index (χ2n) is 4.99. The highest BCUT2D eigenvalue weighted by atomic mass is 32.2. The van der Waals surface area contributed by atoms with Crippen LogP contribution in [0.2, 0.25) is 0 Å². The molecule has 1 aromatic carbocycles. The summed E-state index contributed by atoms with van der Waals surface area (Å²) in [6.45, 7) is 5.85. The van der Waals surface area contributed by atoms with Crippen LogP contribution < -0.4 is 5.32 Å². The van der Waals surface area contributed by atoms with Crippen molar-refractivity contribution < 1.29 is 5.11 Å². The van der Waals surface area contributed by atoms with Gasteiger partial charge in [0.2, 0.25) is 0 Å². The average molecular weight is 251 g/mol. The van der Waals surface area contributed by atoms with Crippen molar-refractivity contribution in [1.82, 2.24) is 5.32 Å². The molecule has 3 heteroatoms. The highest BCUT2D eigenvalue weighted by molar-refractivity contribution is 7.99. The zero-order chi connectivity index (χ0) is 12.3. The lowest BCUT2D eigenvalue weighted by atomic mass is 10.0. The molecule has 1 heterocycles. The van der Waals surface area contributed by atoms with Gasteiger partial charge in [-0.3, -0.25) is 0 Å². The normalized spacial score (nSPS) is 24.2. The van der Waals surface area contributed by atoms with Gasteiger partial charge in [-0.15, -0.1) is 0 Å². The Morgan fingerprint density at radius 2 is 2.24 bits per heavy atom. The van der Waals surface area contributed by atoms with Gasteiger partial charge in [-0.05, 0) is 42.7 Å². The van der Waals surface area contributed by atoms with E-state index in [4.69, 9.17) is 0 Å². The highest BCUT2D eigenvalue weighted by Gasteiger charge is 2.30. The molecule has 1 fully saturated rings. The van der Waals surface area contributed by atoms with Crippen molar-refractivity contribution in [3.8, 4) is 0 Å². The Morgan fingerprint density at radius 1 is 1.41 bits per heavy atom. The Labute approximate surface area is 108 Å². The molecule has 1 aromatic rings. The van der Waals surface area contributed by atoms with Crippen LogP contribution in [0, 0.1) is 13.8 Å². The summed E-state index contributed by atoms with van der Waals surface area (Å²) in [7, 11) is 0. The molecule has 94 valence electrons. The lowest BCUT2D eigenvalue weighted by Crippen LogP contribution is -2.40. The molecule has 0 radical (unpaired) electrons. The SMILES string of the molecule is Cc1cccc(CNCC2(O)CCSC2)c1C. The molecule has 2 N–H and O–H groups in total. The monoisotopic (exact) mass is 251 g/mol. The quantitative estimate of drug-likeness (QED) is 0.861. The number of hydrogen-bond donors (Lipinski definition) is 2. The maximum absolute atomic E-state index is 10.2. The van der Waals surface area contributed by atoms with Crippen molar-refractivity contribution in [2.24, 2.45) is 0 Å². The summed E-state index contributed by atoms with van der Waals surface area (Å²) < 4.78 is 0. The van der Waals surface area contributed by atoms with E-state index in [-0.39, 0.29) is 0 Å². The van der Waals surface area contributed by atoms with Gasteiger partial charge in [0.1, 0.15) is 0 Å². The number of rotatable bonds is 4. The minimum absolute atomic E-state index is 0.484. The van der Waals surface area contributed by atoms with Gasteiger partial charge >= 0.3 is 0 Å². The average Bonchev–Trinajstić information content (AvgIpc) is 2.72. The van der Waals surface area contributed by atoms with Gasteiger partial charge in [0.25, 0.3) is 0 Å². The summed E-state index contributed by atoms with van der Waals surface area (Å²) >= 11 is 1.84. The third kappa shape index (κ3) is 3.24. The van der Waals surface area contributed by atoms with Crippen molar-refractivity contribution in [1.29, 1.82) is 0 Å². The van der Waals surface area contributed by atoms with Crippen molar-refractivity contribution >= 4 is 11.8 Å². The molecule has 1 atom stereocenters. The van der Waals surface area contributed by atoms with Gasteiger partial charge in [-0.2, -0.15) is 11.8 Å². The summed E-state index contributed by atoms with van der Waals surface area (Å²) in [6, 6.07) is 6.39. The Bertz CT molecular complexity index is 386. The van der Waals surface area contributed by atoms with Gasteiger partial charge in [-0.25, -0.2) is 0 Å². The van der Waals surface area contributed by atoms with E-state index in [9.17, 15) is 5.11 Å². The van der Waals surface area contributed by atoms with Crippen LogP contribution in [-0.4, -0.2) is 28.8 Å². The Morgan fingerprint density at radius 3 is 2.94 bits per heavy atom. The fraction of sp³-hybridized carbons (Fsp3) is 0.571. The second-order valence-corrected chi connectivity index (χ2v) is 6.09. The zero-order valence-electron chi connectivity index (χ0n) is 10.6. The molecule has 1 saturated heterocycles. The molecule has 0 spiro atoms. The van der Waals surface area contributed by atoms with Crippen molar-refractivity contribution in [2.75, 3.05) is 18.1 Å². The molecule has 0 amide bonds. The minimum Gasteiger partial charge on any atom is -0.388 e. The van der Waals surface area contributed by atoms with Crippen molar-refractivity contribution in [3.05, 3.63) is 34.9 Å². The van der Waals surface area contributed by atoms with Crippen LogP contribution in [0.15, 0.2) is 18.2 Å². The first-order valence-corrected chi connectivity index (χ1v) is 7.32. The molecule has 1 aliphatic heterocycles. The third-order valence-corrected chi connectivity index (χ3v) is 4.80. The molecular formula is C14H21NOS. The molecule has 17 heavy (non-hydrogen) atoms. The van der Waals surface area contributed by atoms with Gasteiger partial charge in [0, 0.05) is 18.8 Å². The Balaban J connectivity index is 1.88. The minimum atomic E-state index is -0.484. The van der Waals surface area contributed by atoms with E-state index in [0.29, 0.717) is 6.54 Å². The fourth-order valence-corrected chi connectivity index (χ4v) is 3.46. The Kier molecular flexibility index (Phi) is 4.13. The largest absolute Gasteiger partial charge is 0.388 e. The second kappa shape index (κ2) is 5.42. The van der Waals surface area contributed by atoms with Crippen LogP contribution in [0.3, 0.4) is 0 Å². The molecular weight excluding hydrogens is 230 g/mol. The van der Waals surface area contributed by atoms with Crippen molar-refractivity contribution in [2.45, 2.75) is 32.4 Å². The summed E-state index contributed by atoms with van der Waals surface area (Å²) in [5.74, 6) is 1.95. The first-order valence-electron chi connectivity index (χ1n) is 6.17. The topological polar surface area (TPSA) is 32.3 Å². The van der Waals surface area contributed by atoms with Crippen LogP contribution in [0.5, 0.6) is 0 Å². The molecule has 0 saturated carbocycles. The highest BCUT2D eigenvalue weighted by Crippen LogP contribution is 2.27. The Hall–Kier alpha value is -0.510. The summed E-state index contributed by atoms with van der Waals surface area (Å²) in [5.41, 5.74) is 3.54. The van der Waals surface area contributed by atoms with Crippen LogP contribution in [0.1, 0.15) is 23.1 Å². The van der Waals surface area contributed by atoms with Crippen LogP contribution in [0.25, 0.3) is 0 Å². The predicted octanol–water partition coefficient (Wildman–Crippen LogP) is 2.26. The molecule has 2 rings (SSSR count). The number of hydrogen-bond acceptors (Lipinski definition) is 3. The van der Waals surface area contributed by atoms with Gasteiger partial charge in [0.05, 0.1) is 5.60 Å². The van der Waals surface area contributed by atoms with E-state index >= 15 is 0 Å². The lowest BCUT2D eigenvalue weighted by Gasteiger charge is -2.22. The molecule has 1 unspecified atom stereocenters. The third-order valence-electron chi connectivity index (χ3n) is 3.57. The molecule has 0 aliphatic carbocycles. The number of nitrogens with one attached hydrogen (secondary N) is 1. The van der Waals surface area contributed by atoms with Crippen LogP contribution >= 0.6 is 11.8 Å². The number of thioether (sulfide) groups is 1. The summed E-state index contributed by atoms with van der Waals surface area (Å²) in [5, 5.41) is 13.6. The van der Waals surface area contributed by atoms with E-state index < -0.39 is 5.60 Å². The fourth-order valence-electron chi connectivity index (χ4n) is 2.17. The van der Waals surface area contributed by atoms with E-state index in [1.807, 2.05) is 11.8 Å². The van der Waals surface area contributed by atoms with E-state index in [0.717, 1.165) is 24.5 Å². The molecule has 0 aromatic heterocycles. The van der Waals surface area contributed by atoms with E-state index in [1.54, 1.807) is 0 Å². The van der Waals surface area contributed by atoms with E-state index in [1.165, 1.54) is 16.7 Å². The zero-order valence-corrected chi connectivity index (χ0v) is 11.4. The number of aryl methyl sites for hydroxylation is 1. The predicted molar refractivity (Wildman–Crippen MR) is 74.5 cm³/mol. The van der Waals surface area contributed by atoms with Crippen LogP contribution in [0.4, 0.5) is 0 Å². The number of benzene rings is 1. The smallest absolute Gasteiger partial charge is 0.0869 e. The summed E-state index contributed by atoms with van der Waals surface area (Å²) in [6.07, 6.45) is 0.914. The van der Waals surface area contributed by atoms with Gasteiger partial charge < -0.3 is 10.4 Å². The maximum Gasteiger partial charge on any atom is 0.0869 e. The van der Waals surface area contributed by atoms with Gasteiger partial charge in [0.15, 0.2) is 0 Å². The summed E-state index contributed by atoms with van der Waals surface area (Å²) in [4.78, 5) is 0. The van der Waals surface area contributed by atoms with E-state index in [2.05, 4.69) is 37.4 Å². The maximum atomic E-state index is 10.2. The lowest BCUT2D eigenvalue weighted by molar-refractivity contribution is 0.0674. The molecule has 0 bridgehead atoms. The first kappa shape index (κ1) is 12.9. The standard InChI is InChI=1S/C14H21NOS/c1-11-4-3-5-13(12(11)2)8-15-9-14(16)6-7-17-10-14/h3-5,15-16H,6-10H2,1-2H3. The number of aliphatic hydroxyl groups is 1. The first-order chi connectivity index (χ1) is 8.11. The molecule has 1 aliphatic rings. The molecule has 2 nitrogen and oxygen atoms in total.